The Morgan fingerprint density at radius 3 is 2.91 bits per heavy atom. The number of rotatable bonds is 5. The van der Waals surface area contributed by atoms with Gasteiger partial charge in [-0.1, -0.05) is 32.0 Å². The van der Waals surface area contributed by atoms with Crippen LogP contribution in [0.5, 0.6) is 11.6 Å². The third-order valence-electron chi connectivity index (χ3n) is 4.31. The zero-order valence-electron chi connectivity index (χ0n) is 14.3. The number of fused-ring (bicyclic) bond motifs is 1. The minimum atomic E-state index is 0.301. The summed E-state index contributed by atoms with van der Waals surface area (Å²) in [5, 5.41) is 8.20. The molecule has 1 aromatic heterocycles. The predicted molar refractivity (Wildman–Crippen MR) is 90.1 cm³/mol. The number of ether oxygens (including phenoxy) is 2. The number of aryl methyl sites for hydroxylation is 1. The van der Waals surface area contributed by atoms with Crippen LogP contribution in [0.4, 0.5) is 0 Å². The molecule has 1 aliphatic heterocycles. The van der Waals surface area contributed by atoms with Crippen molar-refractivity contribution in [1.82, 2.24) is 15.1 Å². The summed E-state index contributed by atoms with van der Waals surface area (Å²) in [6, 6.07) is 8.54. The van der Waals surface area contributed by atoms with E-state index in [0.29, 0.717) is 18.6 Å². The van der Waals surface area contributed by atoms with Gasteiger partial charge in [-0.3, -0.25) is 0 Å². The lowest BCUT2D eigenvalue weighted by Crippen LogP contribution is -2.39. The first-order valence-electron chi connectivity index (χ1n) is 8.14. The maximum Gasteiger partial charge on any atom is 0.216 e. The summed E-state index contributed by atoms with van der Waals surface area (Å²) in [5.74, 6) is 2.20. The third kappa shape index (κ3) is 3.20. The molecule has 1 aliphatic rings. The molecule has 1 atom stereocenters. The molecule has 0 amide bonds. The van der Waals surface area contributed by atoms with E-state index in [9.17, 15) is 0 Å². The topological polar surface area (TPSA) is 48.3 Å². The number of benzene rings is 1. The molecular weight excluding hydrogens is 290 g/mol. The maximum absolute atomic E-state index is 5.85. The highest BCUT2D eigenvalue weighted by molar-refractivity contribution is 5.36. The van der Waals surface area contributed by atoms with Crippen LogP contribution in [0.2, 0.25) is 0 Å². The molecular formula is C18H25N3O2. The van der Waals surface area contributed by atoms with E-state index in [1.54, 1.807) is 7.11 Å². The molecule has 0 aliphatic carbocycles. The number of hydrogen-bond acceptors (Lipinski definition) is 4. The molecule has 23 heavy (non-hydrogen) atoms. The molecule has 3 rings (SSSR count). The van der Waals surface area contributed by atoms with E-state index in [1.807, 2.05) is 23.9 Å². The molecule has 1 N–H and O–H groups in total. The number of aromatic nitrogens is 2. The molecule has 0 unspecified atom stereocenters. The third-order valence-corrected chi connectivity index (χ3v) is 4.31. The van der Waals surface area contributed by atoms with Crippen LogP contribution in [0.3, 0.4) is 0 Å². The Bertz CT molecular complexity index is 679. The predicted octanol–water partition coefficient (Wildman–Crippen LogP) is 2.65. The lowest BCUT2D eigenvalue weighted by Gasteiger charge is -2.26. The Morgan fingerprint density at radius 1 is 1.39 bits per heavy atom. The van der Waals surface area contributed by atoms with Gasteiger partial charge in [-0.2, -0.15) is 5.10 Å². The van der Waals surface area contributed by atoms with Gasteiger partial charge in [-0.25, -0.2) is 4.68 Å². The molecule has 1 aromatic carbocycles. The molecule has 0 spiro atoms. The van der Waals surface area contributed by atoms with Gasteiger partial charge >= 0.3 is 0 Å². The summed E-state index contributed by atoms with van der Waals surface area (Å²) < 4.78 is 13.2. The summed E-state index contributed by atoms with van der Waals surface area (Å²) >= 11 is 0. The number of nitrogens with zero attached hydrogens (tertiary/aromatic N) is 2. The van der Waals surface area contributed by atoms with Gasteiger partial charge in [0.25, 0.3) is 0 Å². The molecule has 5 heteroatoms. The van der Waals surface area contributed by atoms with Crippen LogP contribution >= 0.6 is 0 Å². The first-order valence-corrected chi connectivity index (χ1v) is 8.14. The Balaban J connectivity index is 1.72. The summed E-state index contributed by atoms with van der Waals surface area (Å²) in [7, 11) is 3.62. The van der Waals surface area contributed by atoms with Crippen molar-refractivity contribution in [3.8, 4) is 11.6 Å². The van der Waals surface area contributed by atoms with E-state index >= 15 is 0 Å². The van der Waals surface area contributed by atoms with Crippen LogP contribution in [-0.4, -0.2) is 29.5 Å². The van der Waals surface area contributed by atoms with E-state index in [2.05, 4.69) is 36.4 Å². The van der Waals surface area contributed by atoms with E-state index in [4.69, 9.17) is 9.47 Å². The quantitative estimate of drug-likeness (QED) is 0.921. The second kappa shape index (κ2) is 6.62. The fraction of sp³-hybridized carbons (Fsp3) is 0.500. The van der Waals surface area contributed by atoms with E-state index in [1.165, 1.54) is 5.56 Å². The van der Waals surface area contributed by atoms with Crippen molar-refractivity contribution < 1.29 is 9.47 Å². The van der Waals surface area contributed by atoms with Gasteiger partial charge in [-0.05, 0) is 24.0 Å². The number of hydrogen-bond donors (Lipinski definition) is 1. The largest absolute Gasteiger partial charge is 0.492 e. The van der Waals surface area contributed by atoms with Crippen molar-refractivity contribution >= 4 is 0 Å². The minimum absolute atomic E-state index is 0.301. The smallest absolute Gasteiger partial charge is 0.216 e. The molecule has 124 valence electrons. The standard InChI is InChI=1S/C18H25N3O2/c1-12(2)17-15(18(22-4)21(3)20-17)10-19-14-9-13-7-5-6-8-16(13)23-11-14/h5-8,12,14,19H,9-11H2,1-4H3/t14-/m0/s1. The van der Waals surface area contributed by atoms with Crippen molar-refractivity contribution in [3.05, 3.63) is 41.1 Å². The van der Waals surface area contributed by atoms with Gasteiger partial charge in [0.1, 0.15) is 12.4 Å². The molecule has 0 saturated heterocycles. The van der Waals surface area contributed by atoms with Crippen LogP contribution in [0.25, 0.3) is 0 Å². The van der Waals surface area contributed by atoms with Gasteiger partial charge in [-0.15, -0.1) is 0 Å². The zero-order chi connectivity index (χ0) is 16.4. The lowest BCUT2D eigenvalue weighted by atomic mass is 10.0. The van der Waals surface area contributed by atoms with Crippen molar-refractivity contribution in [1.29, 1.82) is 0 Å². The number of para-hydroxylation sites is 1. The maximum atomic E-state index is 5.85. The van der Waals surface area contributed by atoms with E-state index in [-0.39, 0.29) is 0 Å². The van der Waals surface area contributed by atoms with Crippen molar-refractivity contribution in [3.63, 3.8) is 0 Å². The molecule has 2 heterocycles. The second-order valence-electron chi connectivity index (χ2n) is 6.35. The molecule has 0 saturated carbocycles. The Kier molecular flexibility index (Phi) is 4.57. The average Bonchev–Trinajstić information content (AvgIpc) is 2.88. The Morgan fingerprint density at radius 2 is 2.17 bits per heavy atom. The highest BCUT2D eigenvalue weighted by atomic mass is 16.5. The van der Waals surface area contributed by atoms with Crippen LogP contribution < -0.4 is 14.8 Å². The normalized spacial score (nSPS) is 17.0. The van der Waals surface area contributed by atoms with Gasteiger partial charge in [0, 0.05) is 19.6 Å². The lowest BCUT2D eigenvalue weighted by molar-refractivity contribution is 0.237. The van der Waals surface area contributed by atoms with Crippen LogP contribution in [0.15, 0.2) is 24.3 Å². The second-order valence-corrected chi connectivity index (χ2v) is 6.35. The fourth-order valence-electron chi connectivity index (χ4n) is 3.16. The van der Waals surface area contributed by atoms with Gasteiger partial charge < -0.3 is 14.8 Å². The van der Waals surface area contributed by atoms with E-state index in [0.717, 1.165) is 35.9 Å². The Labute approximate surface area is 137 Å². The zero-order valence-corrected chi connectivity index (χ0v) is 14.3. The summed E-state index contributed by atoms with van der Waals surface area (Å²) in [4.78, 5) is 0. The van der Waals surface area contributed by atoms with Gasteiger partial charge in [0.05, 0.1) is 18.4 Å². The van der Waals surface area contributed by atoms with Crippen LogP contribution in [-0.2, 0) is 20.0 Å². The molecule has 0 fully saturated rings. The Hall–Kier alpha value is -2.01. The fourth-order valence-corrected chi connectivity index (χ4v) is 3.16. The number of nitrogens with one attached hydrogen (secondary N) is 1. The monoisotopic (exact) mass is 315 g/mol. The van der Waals surface area contributed by atoms with Crippen molar-refractivity contribution in [2.24, 2.45) is 7.05 Å². The SMILES string of the molecule is COc1c(CN[C@@H]2COc3ccccc3C2)c(C(C)C)nn1C. The molecule has 0 radical (unpaired) electrons. The molecule has 2 aromatic rings. The van der Waals surface area contributed by atoms with Gasteiger partial charge in [0.15, 0.2) is 0 Å². The average molecular weight is 315 g/mol. The van der Waals surface area contributed by atoms with E-state index < -0.39 is 0 Å². The van der Waals surface area contributed by atoms with Crippen LogP contribution in [0.1, 0.15) is 36.6 Å². The first kappa shape index (κ1) is 15.9. The highest BCUT2D eigenvalue weighted by Crippen LogP contribution is 2.28. The van der Waals surface area contributed by atoms with Crippen molar-refractivity contribution in [2.45, 2.75) is 38.8 Å². The molecule has 5 nitrogen and oxygen atoms in total. The van der Waals surface area contributed by atoms with Crippen molar-refractivity contribution in [2.75, 3.05) is 13.7 Å². The highest BCUT2D eigenvalue weighted by Gasteiger charge is 2.23. The summed E-state index contributed by atoms with van der Waals surface area (Å²) in [6.07, 6.45) is 0.982. The first-order chi connectivity index (χ1) is 11.1. The summed E-state index contributed by atoms with van der Waals surface area (Å²) in [6.45, 7) is 5.74. The summed E-state index contributed by atoms with van der Waals surface area (Å²) in [5.41, 5.74) is 3.50. The van der Waals surface area contributed by atoms with Crippen LogP contribution in [0, 0.1) is 0 Å². The minimum Gasteiger partial charge on any atom is -0.492 e. The number of methoxy groups -OCH3 is 1. The van der Waals surface area contributed by atoms with Gasteiger partial charge in [0.2, 0.25) is 5.88 Å². The molecule has 0 bridgehead atoms.